The molecule has 8 nitrogen and oxygen atoms in total. The lowest BCUT2D eigenvalue weighted by atomic mass is 9.77. The second kappa shape index (κ2) is 9.24. The quantitative estimate of drug-likeness (QED) is 0.352. The smallest absolute Gasteiger partial charge is 0.233 e. The zero-order valence-corrected chi connectivity index (χ0v) is 17.4. The van der Waals surface area contributed by atoms with Crippen LogP contribution in [0.15, 0.2) is 4.99 Å². The van der Waals surface area contributed by atoms with Crippen molar-refractivity contribution in [3.05, 3.63) is 0 Å². The van der Waals surface area contributed by atoms with Crippen LogP contribution in [0.4, 0.5) is 4.39 Å². The minimum atomic E-state index is -0.711. The molecule has 4 aliphatic rings. The number of nitrogens with zero attached hydrogens (tertiary/aromatic N) is 1. The number of halogens is 1. The average molecular weight is 411 g/mol. The van der Waals surface area contributed by atoms with Gasteiger partial charge in [0.05, 0.1) is 12.0 Å². The van der Waals surface area contributed by atoms with Gasteiger partial charge in [0.15, 0.2) is 5.96 Å². The molecule has 0 bridgehead atoms. The van der Waals surface area contributed by atoms with Gasteiger partial charge < -0.3 is 5.32 Å². The summed E-state index contributed by atoms with van der Waals surface area (Å²) in [6.07, 6.45) is 5.77. The summed E-state index contributed by atoms with van der Waals surface area (Å²) in [7, 11) is 0. The molecule has 29 heavy (non-hydrogen) atoms. The first-order valence-corrected chi connectivity index (χ1v) is 11.2. The van der Waals surface area contributed by atoms with Gasteiger partial charge in [0.1, 0.15) is 12.3 Å². The van der Waals surface area contributed by atoms with Gasteiger partial charge in [-0.1, -0.05) is 6.92 Å². The number of hydroxylamine groups is 1. The summed E-state index contributed by atoms with van der Waals surface area (Å²) in [4.78, 5) is 22.7. The van der Waals surface area contributed by atoms with E-state index in [1.165, 1.54) is 6.42 Å². The molecular formula is C20H35FN6O2. The molecule has 0 radical (unpaired) electrons. The highest BCUT2D eigenvalue weighted by Crippen LogP contribution is 2.34. The maximum atomic E-state index is 14.2. The van der Waals surface area contributed by atoms with Gasteiger partial charge in [0, 0.05) is 25.0 Å². The van der Waals surface area contributed by atoms with Crippen molar-refractivity contribution < 1.29 is 14.0 Å². The Bertz CT molecular complexity index is 616. The van der Waals surface area contributed by atoms with E-state index in [9.17, 15) is 9.18 Å². The Labute approximate surface area is 172 Å². The standard InChI is InChI=1S/C20H35FN6O2/c1-11-6-7-13(8-16(11)21)17-9-18(27-26-17)24-20(23-14-4-3-5-14)25-19(28)15-10-22-29-12(15)2/h11-18,22,26-27H,3-10H2,1-2H3,(H2,23,24,25,28). The first-order valence-electron chi connectivity index (χ1n) is 11.2. The summed E-state index contributed by atoms with van der Waals surface area (Å²) in [6.45, 7) is 4.39. The molecular weight excluding hydrogens is 375 g/mol. The molecule has 2 aliphatic heterocycles. The topological polar surface area (TPSA) is 98.8 Å². The van der Waals surface area contributed by atoms with Crippen molar-refractivity contribution in [2.45, 2.75) is 89.3 Å². The molecule has 5 N–H and O–H groups in total. The monoisotopic (exact) mass is 410 g/mol. The summed E-state index contributed by atoms with van der Waals surface area (Å²) in [6, 6.07) is 0.573. The van der Waals surface area contributed by atoms with Gasteiger partial charge >= 0.3 is 0 Å². The number of alkyl halides is 1. The highest BCUT2D eigenvalue weighted by atomic mass is 19.1. The zero-order chi connectivity index (χ0) is 20.4. The molecule has 2 aliphatic carbocycles. The Hall–Kier alpha value is -1.29. The molecule has 9 heteroatoms. The van der Waals surface area contributed by atoms with Crippen LogP contribution in [0.3, 0.4) is 0 Å². The fourth-order valence-electron chi connectivity index (χ4n) is 4.66. The van der Waals surface area contributed by atoms with Crippen molar-refractivity contribution in [1.29, 1.82) is 0 Å². The van der Waals surface area contributed by atoms with Crippen molar-refractivity contribution in [3.8, 4) is 0 Å². The van der Waals surface area contributed by atoms with E-state index in [1.807, 2.05) is 13.8 Å². The molecule has 7 unspecified atom stereocenters. The molecule has 164 valence electrons. The maximum absolute atomic E-state index is 14.2. The van der Waals surface area contributed by atoms with Crippen LogP contribution in [-0.4, -0.2) is 48.9 Å². The van der Waals surface area contributed by atoms with Gasteiger partial charge in [0.25, 0.3) is 0 Å². The molecule has 0 aromatic heterocycles. The Balaban J connectivity index is 1.36. The summed E-state index contributed by atoms with van der Waals surface area (Å²) in [5.41, 5.74) is 9.34. The van der Waals surface area contributed by atoms with Gasteiger partial charge in [0.2, 0.25) is 5.91 Å². The zero-order valence-electron chi connectivity index (χ0n) is 17.4. The summed E-state index contributed by atoms with van der Waals surface area (Å²) in [5, 5.41) is 6.36. The third-order valence-corrected chi connectivity index (χ3v) is 7.07. The molecule has 2 heterocycles. The van der Waals surface area contributed by atoms with Crippen molar-refractivity contribution in [3.63, 3.8) is 0 Å². The summed E-state index contributed by atoms with van der Waals surface area (Å²) >= 11 is 0. The minimum Gasteiger partial charge on any atom is -0.353 e. The van der Waals surface area contributed by atoms with Gasteiger partial charge in [-0.25, -0.2) is 20.3 Å². The largest absolute Gasteiger partial charge is 0.353 e. The minimum absolute atomic E-state index is 0.0860. The van der Waals surface area contributed by atoms with E-state index in [2.05, 4.69) is 27.0 Å². The van der Waals surface area contributed by atoms with Crippen molar-refractivity contribution in [2.75, 3.05) is 6.54 Å². The second-order valence-electron chi connectivity index (χ2n) is 9.23. The Morgan fingerprint density at radius 1 is 1.14 bits per heavy atom. The number of hydrogen-bond acceptors (Lipinski definition) is 6. The molecule has 2 saturated carbocycles. The maximum Gasteiger partial charge on any atom is 0.233 e. The normalized spacial score (nSPS) is 41.2. The highest BCUT2D eigenvalue weighted by Gasteiger charge is 2.37. The third kappa shape index (κ3) is 5.07. The van der Waals surface area contributed by atoms with Gasteiger partial charge in [-0.15, -0.1) is 0 Å². The number of rotatable bonds is 4. The molecule has 7 atom stereocenters. The molecule has 0 spiro atoms. The second-order valence-corrected chi connectivity index (χ2v) is 9.23. The number of amides is 1. The van der Waals surface area contributed by atoms with Crippen molar-refractivity contribution in [2.24, 2.45) is 22.7 Å². The number of carbonyl (C=O) groups is 1. The molecule has 4 rings (SSSR count). The fraction of sp³-hybridized carbons (Fsp3) is 0.900. The predicted octanol–water partition coefficient (Wildman–Crippen LogP) is 1.11. The summed E-state index contributed by atoms with van der Waals surface area (Å²) < 4.78 is 14.2. The molecule has 1 amide bonds. The van der Waals surface area contributed by atoms with Crippen LogP contribution in [0.1, 0.15) is 58.8 Å². The molecule has 0 aromatic carbocycles. The van der Waals surface area contributed by atoms with Crippen LogP contribution in [0, 0.1) is 17.8 Å². The van der Waals surface area contributed by atoms with E-state index in [1.54, 1.807) is 0 Å². The third-order valence-electron chi connectivity index (χ3n) is 7.07. The van der Waals surface area contributed by atoms with Crippen LogP contribution >= 0.6 is 0 Å². The lowest BCUT2D eigenvalue weighted by molar-refractivity contribution is -0.124. The van der Waals surface area contributed by atoms with Crippen LogP contribution in [0.25, 0.3) is 0 Å². The van der Waals surface area contributed by atoms with Crippen LogP contribution < -0.4 is 27.0 Å². The number of hydrazine groups is 1. The summed E-state index contributed by atoms with van der Waals surface area (Å²) in [5.74, 6) is 0.696. The number of guanidine groups is 1. The van der Waals surface area contributed by atoms with E-state index in [4.69, 9.17) is 9.83 Å². The van der Waals surface area contributed by atoms with E-state index in [0.717, 1.165) is 32.1 Å². The Kier molecular flexibility index (Phi) is 6.68. The lowest BCUT2D eigenvalue weighted by Gasteiger charge is -2.32. The average Bonchev–Trinajstić information content (AvgIpc) is 3.29. The fourth-order valence-corrected chi connectivity index (χ4v) is 4.66. The SMILES string of the molecule is CC1CCC(C2CC(/N=C(/NC(=O)C3CNOC3C)NC3CCC3)NN2)CC1F. The highest BCUT2D eigenvalue weighted by molar-refractivity contribution is 5.98. The van der Waals surface area contributed by atoms with E-state index in [0.29, 0.717) is 30.9 Å². The van der Waals surface area contributed by atoms with E-state index < -0.39 is 6.17 Å². The molecule has 0 aromatic rings. The van der Waals surface area contributed by atoms with Crippen LogP contribution in [-0.2, 0) is 9.63 Å². The van der Waals surface area contributed by atoms with Crippen molar-refractivity contribution >= 4 is 11.9 Å². The van der Waals surface area contributed by atoms with Gasteiger partial charge in [-0.05, 0) is 57.3 Å². The number of carbonyl (C=O) groups excluding carboxylic acids is 1. The van der Waals surface area contributed by atoms with Gasteiger partial charge in [-0.2, -0.15) is 0 Å². The molecule has 2 saturated heterocycles. The molecule has 4 fully saturated rings. The Morgan fingerprint density at radius 2 is 1.97 bits per heavy atom. The number of aliphatic imine (C=N–C) groups is 1. The Morgan fingerprint density at radius 3 is 2.62 bits per heavy atom. The number of hydrogen-bond donors (Lipinski definition) is 5. The van der Waals surface area contributed by atoms with E-state index >= 15 is 0 Å². The number of nitrogens with one attached hydrogen (secondary N) is 5. The predicted molar refractivity (Wildman–Crippen MR) is 108 cm³/mol. The lowest BCUT2D eigenvalue weighted by Crippen LogP contribution is -2.51. The van der Waals surface area contributed by atoms with Crippen molar-refractivity contribution in [1.82, 2.24) is 27.0 Å². The first-order chi connectivity index (χ1) is 14.0. The van der Waals surface area contributed by atoms with E-state index in [-0.39, 0.29) is 36.1 Å². The van der Waals surface area contributed by atoms with Gasteiger partial charge in [-0.3, -0.25) is 20.4 Å². The van der Waals surface area contributed by atoms with Crippen LogP contribution in [0.5, 0.6) is 0 Å². The van der Waals surface area contributed by atoms with Crippen LogP contribution in [0.2, 0.25) is 0 Å². The first kappa shape index (κ1) is 21.0.